The first-order valence-electron chi connectivity index (χ1n) is 3.99. The molecule has 1 aromatic carbocycles. The zero-order valence-corrected chi connectivity index (χ0v) is 7.63. The zero-order chi connectivity index (χ0) is 10.7. The molecule has 0 aliphatic heterocycles. The molecule has 1 rings (SSSR count). The number of hydrogen-bond acceptors (Lipinski definition) is 3. The molecule has 1 atom stereocenters. The maximum Gasteiger partial charge on any atom is 0.190 e. The standard InChI is InChI=1S/C9H11F2NO2/c1-14-9-6(10)2-5(3-7(9)11)8(12)4-13/h2-3,8,13H,4,12H2,1H3/t8-/m1/s1. The Morgan fingerprint density at radius 3 is 2.29 bits per heavy atom. The second-order valence-electron chi connectivity index (χ2n) is 2.81. The van der Waals surface area contributed by atoms with Crippen molar-refractivity contribution in [2.24, 2.45) is 5.73 Å². The van der Waals surface area contributed by atoms with Gasteiger partial charge in [-0.2, -0.15) is 0 Å². The van der Waals surface area contributed by atoms with E-state index in [0.717, 1.165) is 12.1 Å². The maximum absolute atomic E-state index is 13.1. The molecular formula is C9H11F2NO2. The molecule has 0 bridgehead atoms. The van der Waals surface area contributed by atoms with Crippen molar-refractivity contribution in [1.82, 2.24) is 0 Å². The van der Waals surface area contributed by atoms with Gasteiger partial charge in [-0.15, -0.1) is 0 Å². The van der Waals surface area contributed by atoms with Gasteiger partial charge in [0.05, 0.1) is 19.8 Å². The topological polar surface area (TPSA) is 55.5 Å². The van der Waals surface area contributed by atoms with E-state index in [-0.39, 0.29) is 12.2 Å². The maximum atomic E-state index is 13.1. The molecule has 0 saturated heterocycles. The highest BCUT2D eigenvalue weighted by Crippen LogP contribution is 2.24. The zero-order valence-electron chi connectivity index (χ0n) is 7.63. The average molecular weight is 203 g/mol. The summed E-state index contributed by atoms with van der Waals surface area (Å²) in [6.07, 6.45) is 0. The first-order valence-corrected chi connectivity index (χ1v) is 3.99. The van der Waals surface area contributed by atoms with Crippen molar-refractivity contribution >= 4 is 0 Å². The summed E-state index contributed by atoms with van der Waals surface area (Å²) in [6.45, 7) is -0.370. The lowest BCUT2D eigenvalue weighted by Crippen LogP contribution is -2.15. The minimum atomic E-state index is -0.827. The Bertz CT molecular complexity index is 308. The van der Waals surface area contributed by atoms with Crippen LogP contribution >= 0.6 is 0 Å². The van der Waals surface area contributed by atoms with Gasteiger partial charge >= 0.3 is 0 Å². The van der Waals surface area contributed by atoms with Crippen LogP contribution in [-0.2, 0) is 0 Å². The van der Waals surface area contributed by atoms with Gasteiger partial charge in [0.15, 0.2) is 17.4 Å². The molecule has 78 valence electrons. The van der Waals surface area contributed by atoms with Gasteiger partial charge in [-0.25, -0.2) is 8.78 Å². The van der Waals surface area contributed by atoms with Crippen molar-refractivity contribution < 1.29 is 18.6 Å². The number of methoxy groups -OCH3 is 1. The third kappa shape index (κ3) is 2.00. The van der Waals surface area contributed by atoms with Gasteiger partial charge in [0.1, 0.15) is 0 Å². The number of hydrogen-bond donors (Lipinski definition) is 2. The van der Waals surface area contributed by atoms with Crippen molar-refractivity contribution in [3.8, 4) is 5.75 Å². The average Bonchev–Trinajstić information content (AvgIpc) is 2.16. The molecule has 0 radical (unpaired) electrons. The van der Waals surface area contributed by atoms with E-state index < -0.39 is 23.4 Å². The smallest absolute Gasteiger partial charge is 0.190 e. The van der Waals surface area contributed by atoms with E-state index in [1.165, 1.54) is 7.11 Å². The minimum absolute atomic E-state index is 0.198. The van der Waals surface area contributed by atoms with E-state index in [2.05, 4.69) is 4.74 Å². The number of benzene rings is 1. The molecule has 1 aromatic rings. The second kappa shape index (κ2) is 4.34. The van der Waals surface area contributed by atoms with Gasteiger partial charge in [-0.1, -0.05) is 0 Å². The van der Waals surface area contributed by atoms with Crippen molar-refractivity contribution in [1.29, 1.82) is 0 Å². The number of ether oxygens (including phenoxy) is 1. The van der Waals surface area contributed by atoms with E-state index in [4.69, 9.17) is 10.8 Å². The van der Waals surface area contributed by atoms with E-state index in [9.17, 15) is 8.78 Å². The quantitative estimate of drug-likeness (QED) is 0.769. The molecule has 0 fully saturated rings. The molecule has 0 unspecified atom stereocenters. The van der Waals surface area contributed by atoms with E-state index in [1.807, 2.05) is 0 Å². The Balaban J connectivity index is 3.13. The Morgan fingerprint density at radius 2 is 1.93 bits per heavy atom. The van der Waals surface area contributed by atoms with Gasteiger partial charge in [-0.05, 0) is 17.7 Å². The molecule has 14 heavy (non-hydrogen) atoms. The van der Waals surface area contributed by atoms with Gasteiger partial charge < -0.3 is 15.6 Å². The molecule has 0 aromatic heterocycles. The molecule has 3 N–H and O–H groups in total. The highest BCUT2D eigenvalue weighted by molar-refractivity contribution is 5.32. The van der Waals surface area contributed by atoms with Crippen LogP contribution in [0.25, 0.3) is 0 Å². The van der Waals surface area contributed by atoms with E-state index in [0.29, 0.717) is 0 Å². The van der Waals surface area contributed by atoms with Gasteiger partial charge in [0, 0.05) is 0 Å². The lowest BCUT2D eigenvalue weighted by molar-refractivity contribution is 0.267. The third-order valence-corrected chi connectivity index (χ3v) is 1.85. The molecule has 0 amide bonds. The normalized spacial score (nSPS) is 12.6. The van der Waals surface area contributed by atoms with Crippen LogP contribution in [-0.4, -0.2) is 18.8 Å². The summed E-state index contributed by atoms with van der Waals surface area (Å²) < 4.78 is 30.7. The number of aliphatic hydroxyl groups excluding tert-OH is 1. The molecule has 0 aliphatic rings. The number of aliphatic hydroxyl groups is 1. The van der Waals surface area contributed by atoms with E-state index in [1.54, 1.807) is 0 Å². The number of rotatable bonds is 3. The van der Waals surface area contributed by atoms with Crippen molar-refractivity contribution in [2.45, 2.75) is 6.04 Å². The predicted molar refractivity (Wildman–Crippen MR) is 46.9 cm³/mol. The van der Waals surface area contributed by atoms with Crippen molar-refractivity contribution in [3.05, 3.63) is 29.3 Å². The summed E-state index contributed by atoms with van der Waals surface area (Å²) in [5.41, 5.74) is 5.60. The van der Waals surface area contributed by atoms with Crippen LogP contribution in [0.3, 0.4) is 0 Å². The van der Waals surface area contributed by atoms with Crippen LogP contribution in [0.1, 0.15) is 11.6 Å². The van der Waals surface area contributed by atoms with Crippen LogP contribution in [0.5, 0.6) is 5.75 Å². The second-order valence-corrected chi connectivity index (χ2v) is 2.81. The number of halogens is 2. The van der Waals surface area contributed by atoms with E-state index >= 15 is 0 Å². The summed E-state index contributed by atoms with van der Waals surface area (Å²) in [4.78, 5) is 0. The number of nitrogens with two attached hydrogens (primary N) is 1. The third-order valence-electron chi connectivity index (χ3n) is 1.85. The summed E-state index contributed by atoms with van der Waals surface area (Å²) in [5, 5.41) is 8.70. The predicted octanol–water partition coefficient (Wildman–Crippen LogP) is 0.966. The Morgan fingerprint density at radius 1 is 1.43 bits per heavy atom. The van der Waals surface area contributed by atoms with Crippen LogP contribution < -0.4 is 10.5 Å². The Kier molecular flexibility index (Phi) is 3.38. The highest BCUT2D eigenvalue weighted by Gasteiger charge is 2.14. The summed E-state index contributed by atoms with van der Waals surface area (Å²) in [6, 6.07) is 1.30. The molecule has 0 heterocycles. The Labute approximate surface area is 80.1 Å². The lowest BCUT2D eigenvalue weighted by atomic mass is 10.1. The molecule has 5 heteroatoms. The first-order chi connectivity index (χ1) is 6.60. The van der Waals surface area contributed by atoms with Crippen LogP contribution in [0.15, 0.2) is 12.1 Å². The monoisotopic (exact) mass is 203 g/mol. The minimum Gasteiger partial charge on any atom is -0.491 e. The molecule has 0 spiro atoms. The molecule has 3 nitrogen and oxygen atoms in total. The lowest BCUT2D eigenvalue weighted by Gasteiger charge is -2.10. The molecule has 0 saturated carbocycles. The summed E-state index contributed by atoms with van der Waals surface area (Å²) in [7, 11) is 1.17. The highest BCUT2D eigenvalue weighted by atomic mass is 19.1. The fraction of sp³-hybridized carbons (Fsp3) is 0.333. The van der Waals surface area contributed by atoms with Gasteiger partial charge in [-0.3, -0.25) is 0 Å². The van der Waals surface area contributed by atoms with Crippen molar-refractivity contribution in [2.75, 3.05) is 13.7 Å². The summed E-state index contributed by atoms with van der Waals surface area (Å²) in [5.74, 6) is -2.10. The summed E-state index contributed by atoms with van der Waals surface area (Å²) >= 11 is 0. The molecular weight excluding hydrogens is 192 g/mol. The van der Waals surface area contributed by atoms with Gasteiger partial charge in [0.25, 0.3) is 0 Å². The van der Waals surface area contributed by atoms with Crippen molar-refractivity contribution in [3.63, 3.8) is 0 Å². The Hall–Kier alpha value is -1.20. The van der Waals surface area contributed by atoms with Crippen LogP contribution in [0.4, 0.5) is 8.78 Å². The van der Waals surface area contributed by atoms with Crippen LogP contribution in [0.2, 0.25) is 0 Å². The SMILES string of the molecule is COc1c(F)cc([C@H](N)CO)cc1F. The molecule has 0 aliphatic carbocycles. The first kappa shape index (κ1) is 10.9. The van der Waals surface area contributed by atoms with Gasteiger partial charge in [0.2, 0.25) is 0 Å². The fourth-order valence-electron chi connectivity index (χ4n) is 1.09. The fourth-order valence-corrected chi connectivity index (χ4v) is 1.09. The largest absolute Gasteiger partial charge is 0.491 e. The van der Waals surface area contributed by atoms with Crippen LogP contribution in [0, 0.1) is 11.6 Å².